The number of nitrogens with zero attached hydrogens (tertiary/aromatic N) is 2. The fourth-order valence-corrected chi connectivity index (χ4v) is 2.93. The van der Waals surface area contributed by atoms with Crippen molar-refractivity contribution in [3.63, 3.8) is 0 Å². The number of aromatic nitrogens is 1. The lowest BCUT2D eigenvalue weighted by atomic mass is 10.1. The molecule has 0 saturated heterocycles. The Kier molecular flexibility index (Phi) is 7.11. The van der Waals surface area contributed by atoms with Gasteiger partial charge in [0.1, 0.15) is 11.9 Å². The third kappa shape index (κ3) is 5.43. The van der Waals surface area contributed by atoms with Crippen molar-refractivity contribution in [3.05, 3.63) is 76.2 Å². The van der Waals surface area contributed by atoms with Crippen LogP contribution < -0.4 is 21.8 Å². The van der Waals surface area contributed by atoms with Crippen molar-refractivity contribution in [2.45, 2.75) is 26.1 Å². The molecular weight excluding hydrogens is 424 g/mol. The fourth-order valence-electron chi connectivity index (χ4n) is 2.93. The second-order valence-electron chi connectivity index (χ2n) is 7.07. The molecule has 1 amide bonds. The number of nitrogens with one attached hydrogen (secondary N) is 3. The largest absolute Gasteiger partial charge is 0.316 e. The molecule has 1 unspecified atom stereocenters. The molecule has 168 valence electrons. The van der Waals surface area contributed by atoms with Crippen molar-refractivity contribution in [1.82, 2.24) is 20.5 Å². The van der Waals surface area contributed by atoms with Crippen LogP contribution in [0.25, 0.3) is 0 Å². The second-order valence-corrected chi connectivity index (χ2v) is 7.07. The molecule has 1 aliphatic rings. The molecule has 0 saturated carbocycles. The number of alkyl halides is 1. The van der Waals surface area contributed by atoms with Crippen LogP contribution in [0.2, 0.25) is 0 Å². The Bertz CT molecular complexity index is 1120. The number of hydrogen-bond donors (Lipinski definition) is 3. The minimum absolute atomic E-state index is 0.0982. The van der Waals surface area contributed by atoms with Crippen LogP contribution in [0.4, 0.5) is 14.5 Å². The van der Waals surface area contributed by atoms with E-state index in [-0.39, 0.29) is 30.9 Å². The Balaban J connectivity index is 1.58. The molecular formula is C21H21F2N5O4. The summed E-state index contributed by atoms with van der Waals surface area (Å²) in [6.07, 6.45) is 1.16. The van der Waals surface area contributed by atoms with Crippen LogP contribution in [0, 0.1) is 5.82 Å². The van der Waals surface area contributed by atoms with Crippen molar-refractivity contribution in [2.24, 2.45) is 0 Å². The zero-order valence-electron chi connectivity index (χ0n) is 17.1. The highest BCUT2D eigenvalue weighted by Gasteiger charge is 2.21. The van der Waals surface area contributed by atoms with E-state index in [1.807, 2.05) is 0 Å². The standard InChI is InChI=1S/C21H21F2N5O4/c1-13(29)17-12-28(26-25-17)11-15(22)7-9-27-10-8-16(18(23)21(27)32)24-20(31)19(30)14-5-3-2-4-6-14/h2-6,8,10,12,15,25-26H,7,9,11H2,1H3,(H,24,31). The number of amides is 1. The van der Waals surface area contributed by atoms with Gasteiger partial charge < -0.3 is 9.88 Å². The van der Waals surface area contributed by atoms with Gasteiger partial charge in [0.05, 0.1) is 12.2 Å². The Hall–Kier alpha value is -3.86. The summed E-state index contributed by atoms with van der Waals surface area (Å²) in [5, 5.41) is 3.45. The minimum Gasteiger partial charge on any atom is -0.316 e. The van der Waals surface area contributed by atoms with E-state index < -0.39 is 34.9 Å². The van der Waals surface area contributed by atoms with Crippen LogP contribution in [-0.2, 0) is 16.1 Å². The first-order valence-corrected chi connectivity index (χ1v) is 9.71. The van der Waals surface area contributed by atoms with Gasteiger partial charge in [0.25, 0.3) is 17.2 Å². The van der Waals surface area contributed by atoms with Gasteiger partial charge in [0.15, 0.2) is 5.78 Å². The number of carbonyl (C=O) groups excluding carboxylic acids is 3. The van der Waals surface area contributed by atoms with E-state index in [9.17, 15) is 28.0 Å². The number of ketones is 2. The lowest BCUT2D eigenvalue weighted by Gasteiger charge is -2.18. The van der Waals surface area contributed by atoms with Gasteiger partial charge in [-0.3, -0.25) is 29.6 Å². The number of pyridine rings is 1. The highest BCUT2D eigenvalue weighted by atomic mass is 19.1. The third-order valence-electron chi connectivity index (χ3n) is 4.67. The molecule has 9 nitrogen and oxygen atoms in total. The number of hydrogen-bond acceptors (Lipinski definition) is 7. The number of allylic oxidation sites excluding steroid dienone is 1. The van der Waals surface area contributed by atoms with E-state index in [1.54, 1.807) is 18.2 Å². The van der Waals surface area contributed by atoms with E-state index in [4.69, 9.17) is 0 Å². The summed E-state index contributed by atoms with van der Waals surface area (Å²) < 4.78 is 29.7. The zero-order chi connectivity index (χ0) is 23.3. The molecule has 11 heteroatoms. The number of benzene rings is 1. The van der Waals surface area contributed by atoms with E-state index >= 15 is 0 Å². The summed E-state index contributed by atoms with van der Waals surface area (Å²) in [6.45, 7) is 1.15. The van der Waals surface area contributed by atoms with Gasteiger partial charge in [-0.2, -0.15) is 4.39 Å². The van der Waals surface area contributed by atoms with Gasteiger partial charge in [-0.05, 0) is 12.5 Å². The average Bonchev–Trinajstić information content (AvgIpc) is 3.25. The molecule has 1 aliphatic heterocycles. The number of carbonyl (C=O) groups is 3. The fraction of sp³-hybridized carbons (Fsp3) is 0.238. The molecule has 1 aromatic carbocycles. The number of halogens is 2. The van der Waals surface area contributed by atoms with E-state index in [2.05, 4.69) is 16.3 Å². The Morgan fingerprint density at radius 2 is 1.88 bits per heavy atom. The summed E-state index contributed by atoms with van der Waals surface area (Å²) in [7, 11) is 0. The molecule has 0 bridgehead atoms. The van der Waals surface area contributed by atoms with Crippen LogP contribution in [0.15, 0.2) is 59.3 Å². The van der Waals surface area contributed by atoms with E-state index in [0.29, 0.717) is 5.70 Å². The van der Waals surface area contributed by atoms with Gasteiger partial charge in [-0.1, -0.05) is 30.3 Å². The second kappa shape index (κ2) is 9.96. The number of anilines is 1. The summed E-state index contributed by atoms with van der Waals surface area (Å²) in [5.74, 6) is -3.42. The quantitative estimate of drug-likeness (QED) is 0.394. The highest BCUT2D eigenvalue weighted by molar-refractivity contribution is 6.46. The van der Waals surface area contributed by atoms with Crippen molar-refractivity contribution in [1.29, 1.82) is 0 Å². The number of Topliss-reactive ketones (excluding diaryl/α,β-unsaturated/α-hetero) is 2. The topological polar surface area (TPSA) is 113 Å². The lowest BCUT2D eigenvalue weighted by molar-refractivity contribution is -0.114. The maximum absolute atomic E-state index is 14.4. The predicted octanol–water partition coefficient (Wildman–Crippen LogP) is 1.29. The maximum Gasteiger partial charge on any atom is 0.296 e. The maximum atomic E-state index is 14.4. The molecule has 2 aromatic rings. The van der Waals surface area contributed by atoms with Crippen LogP contribution >= 0.6 is 0 Å². The molecule has 3 N–H and O–H groups in total. The van der Waals surface area contributed by atoms with Crippen molar-refractivity contribution in [3.8, 4) is 0 Å². The first-order chi connectivity index (χ1) is 15.3. The zero-order valence-corrected chi connectivity index (χ0v) is 17.1. The normalized spacial score (nSPS) is 13.8. The summed E-state index contributed by atoms with van der Waals surface area (Å²) in [4.78, 5) is 47.7. The predicted molar refractivity (Wildman–Crippen MR) is 111 cm³/mol. The van der Waals surface area contributed by atoms with Crippen LogP contribution in [-0.4, -0.2) is 39.8 Å². The van der Waals surface area contributed by atoms with Gasteiger partial charge in [-0.25, -0.2) is 4.39 Å². The van der Waals surface area contributed by atoms with Crippen molar-refractivity contribution < 1.29 is 23.2 Å². The first kappa shape index (κ1) is 22.8. The molecule has 1 aromatic heterocycles. The van der Waals surface area contributed by atoms with E-state index in [0.717, 1.165) is 10.6 Å². The molecule has 0 radical (unpaired) electrons. The molecule has 0 fully saturated rings. The SMILES string of the molecule is CC(=O)C1=CN(CC(F)CCn2ccc(NC(=O)C(=O)c3ccccc3)c(F)c2=O)NN1. The van der Waals surface area contributed by atoms with E-state index in [1.165, 1.54) is 36.5 Å². The van der Waals surface area contributed by atoms with Crippen LogP contribution in [0.5, 0.6) is 0 Å². The summed E-state index contributed by atoms with van der Waals surface area (Å²) >= 11 is 0. The lowest BCUT2D eigenvalue weighted by Crippen LogP contribution is -2.40. The van der Waals surface area contributed by atoms with Gasteiger partial charge >= 0.3 is 0 Å². The third-order valence-corrected chi connectivity index (χ3v) is 4.67. The smallest absolute Gasteiger partial charge is 0.296 e. The average molecular weight is 445 g/mol. The highest BCUT2D eigenvalue weighted by Crippen LogP contribution is 2.12. The van der Waals surface area contributed by atoms with Crippen LogP contribution in [0.1, 0.15) is 23.7 Å². The Morgan fingerprint density at radius 1 is 1.16 bits per heavy atom. The summed E-state index contributed by atoms with van der Waals surface area (Å²) in [6, 6.07) is 8.84. The monoisotopic (exact) mass is 445 g/mol. The molecule has 0 aliphatic carbocycles. The molecule has 1 atom stereocenters. The van der Waals surface area contributed by atoms with Crippen molar-refractivity contribution in [2.75, 3.05) is 11.9 Å². The number of rotatable bonds is 9. The number of aryl methyl sites for hydroxylation is 1. The molecule has 32 heavy (non-hydrogen) atoms. The minimum atomic E-state index is -1.38. The van der Waals surface area contributed by atoms with Crippen LogP contribution in [0.3, 0.4) is 0 Å². The Labute approximate surface area is 181 Å². The Morgan fingerprint density at radius 3 is 2.53 bits per heavy atom. The van der Waals surface area contributed by atoms with Gasteiger partial charge in [0.2, 0.25) is 5.82 Å². The summed E-state index contributed by atoms with van der Waals surface area (Å²) in [5.41, 5.74) is 4.14. The van der Waals surface area contributed by atoms with Gasteiger partial charge in [0, 0.05) is 31.4 Å². The molecule has 0 spiro atoms. The molecule has 3 rings (SSSR count). The van der Waals surface area contributed by atoms with Crippen molar-refractivity contribution >= 4 is 23.2 Å². The number of hydrazine groups is 2. The van der Waals surface area contributed by atoms with Gasteiger partial charge in [-0.15, -0.1) is 5.53 Å². The first-order valence-electron chi connectivity index (χ1n) is 9.71. The molecule has 2 heterocycles.